The highest BCUT2D eigenvalue weighted by Gasteiger charge is 2.17. The van der Waals surface area contributed by atoms with Crippen LogP contribution >= 0.6 is 0 Å². The van der Waals surface area contributed by atoms with E-state index in [1.165, 1.54) is 24.3 Å². The van der Waals surface area contributed by atoms with E-state index >= 15 is 0 Å². The largest absolute Gasteiger partial charge is 0.294 e. The highest BCUT2D eigenvalue weighted by molar-refractivity contribution is 7.89. The predicted octanol–water partition coefficient (Wildman–Crippen LogP) is 1.11. The third-order valence-corrected chi connectivity index (χ3v) is 4.16. The highest BCUT2D eigenvalue weighted by Crippen LogP contribution is 2.14. The first-order chi connectivity index (χ1) is 9.55. The molecule has 0 aliphatic carbocycles. The van der Waals surface area contributed by atoms with Gasteiger partial charge >= 0.3 is 0 Å². The Labute approximate surface area is 116 Å². The van der Waals surface area contributed by atoms with Crippen molar-refractivity contribution in [1.29, 1.82) is 0 Å². The summed E-state index contributed by atoms with van der Waals surface area (Å²) in [5.41, 5.74) is 0.429. The van der Waals surface area contributed by atoms with E-state index in [4.69, 9.17) is 6.42 Å². The maximum Gasteiger partial charge on any atom is 0.284 e. The van der Waals surface area contributed by atoms with Crippen LogP contribution in [-0.4, -0.2) is 28.4 Å². The number of terminal acetylenes is 1. The molecule has 1 aromatic carbocycles. The van der Waals surface area contributed by atoms with E-state index in [0.29, 0.717) is 12.0 Å². The molecule has 2 aromatic rings. The lowest BCUT2D eigenvalue weighted by molar-refractivity contribution is 0.0984. The molecular weight excluding hydrogens is 278 g/mol. The molecule has 0 saturated heterocycles. The van der Waals surface area contributed by atoms with Gasteiger partial charge in [0.05, 0.1) is 4.90 Å². The maximum atomic E-state index is 12.1. The second kappa shape index (κ2) is 5.67. The van der Waals surface area contributed by atoms with E-state index in [1.54, 1.807) is 0 Å². The number of ketones is 1. The number of benzene rings is 1. The van der Waals surface area contributed by atoms with Gasteiger partial charge in [0.2, 0.25) is 0 Å². The van der Waals surface area contributed by atoms with Gasteiger partial charge < -0.3 is 0 Å². The van der Waals surface area contributed by atoms with Gasteiger partial charge in [-0.3, -0.25) is 4.79 Å². The number of nitrogens with zero attached hydrogens (tertiary/aromatic N) is 3. The summed E-state index contributed by atoms with van der Waals surface area (Å²) in [6.45, 7) is 0. The van der Waals surface area contributed by atoms with Gasteiger partial charge in [-0.2, -0.15) is 8.42 Å². The molecule has 7 heteroatoms. The third-order valence-electron chi connectivity index (χ3n) is 2.61. The van der Waals surface area contributed by atoms with Crippen molar-refractivity contribution in [1.82, 2.24) is 14.2 Å². The third kappa shape index (κ3) is 2.75. The van der Waals surface area contributed by atoms with Crippen molar-refractivity contribution in [3.8, 4) is 12.3 Å². The molecule has 0 N–H and O–H groups in total. The number of hydrogen-bond acceptors (Lipinski definition) is 5. The molecule has 2 rings (SSSR count). The quantitative estimate of drug-likeness (QED) is 0.608. The van der Waals surface area contributed by atoms with E-state index in [2.05, 4.69) is 16.0 Å². The second-order valence-electron chi connectivity index (χ2n) is 3.92. The summed E-state index contributed by atoms with van der Waals surface area (Å²) in [6, 6.07) is 5.64. The normalized spacial score (nSPS) is 10.9. The minimum atomic E-state index is -3.76. The van der Waals surface area contributed by atoms with Gasteiger partial charge in [0.15, 0.2) is 5.78 Å². The molecule has 0 bridgehead atoms. The van der Waals surface area contributed by atoms with E-state index < -0.39 is 10.0 Å². The Balaban J connectivity index is 2.25. The molecule has 0 radical (unpaired) electrons. The van der Waals surface area contributed by atoms with E-state index in [9.17, 15) is 13.2 Å². The molecule has 20 heavy (non-hydrogen) atoms. The number of hydrogen-bond donors (Lipinski definition) is 0. The molecule has 0 aliphatic rings. The van der Waals surface area contributed by atoms with Gasteiger partial charge in [-0.15, -0.1) is 21.5 Å². The Morgan fingerprint density at radius 2 is 2.00 bits per heavy atom. The van der Waals surface area contributed by atoms with Crippen LogP contribution in [0.25, 0.3) is 0 Å². The maximum absolute atomic E-state index is 12.1. The minimum absolute atomic E-state index is 0.0384. The fraction of sp³-hybridized carbons (Fsp3) is 0.154. The summed E-state index contributed by atoms with van der Waals surface area (Å²) in [5.74, 6) is 2.27. The van der Waals surface area contributed by atoms with Gasteiger partial charge in [-0.25, -0.2) is 4.98 Å². The van der Waals surface area contributed by atoms with Gasteiger partial charge in [0.1, 0.15) is 12.7 Å². The smallest absolute Gasteiger partial charge is 0.284 e. The molecule has 0 spiro atoms. The van der Waals surface area contributed by atoms with Gasteiger partial charge in [-0.05, 0) is 12.1 Å². The topological polar surface area (TPSA) is 81.9 Å². The molecule has 1 aromatic heterocycles. The highest BCUT2D eigenvalue weighted by atomic mass is 32.2. The van der Waals surface area contributed by atoms with E-state index in [1.807, 2.05) is 0 Å². The number of aromatic nitrogens is 3. The molecule has 6 nitrogen and oxygen atoms in total. The standard InChI is InChI=1S/C13H11N3O3S/c1-2-3-4-13(17)11-5-7-12(8-6-11)20(18,19)16-10-14-9-15-16/h1,5-10H,3-4H2. The first-order valence-corrected chi connectivity index (χ1v) is 7.16. The van der Waals surface area contributed by atoms with Gasteiger partial charge in [0.25, 0.3) is 10.0 Å². The van der Waals surface area contributed by atoms with Crippen LogP contribution in [0.2, 0.25) is 0 Å². The molecule has 102 valence electrons. The number of Topliss-reactive ketones (excluding diaryl/α,β-unsaturated/α-hetero) is 1. The summed E-state index contributed by atoms with van der Waals surface area (Å²) < 4.78 is 25.0. The van der Waals surface area contributed by atoms with E-state index in [-0.39, 0.29) is 17.1 Å². The summed E-state index contributed by atoms with van der Waals surface area (Å²) in [4.78, 5) is 15.4. The lowest BCUT2D eigenvalue weighted by Gasteiger charge is -2.04. The Morgan fingerprint density at radius 1 is 1.30 bits per heavy atom. The fourth-order valence-corrected chi connectivity index (χ4v) is 2.61. The lowest BCUT2D eigenvalue weighted by Crippen LogP contribution is -2.13. The number of carbonyl (C=O) groups is 1. The van der Waals surface area contributed by atoms with Crippen LogP contribution in [0.3, 0.4) is 0 Å². The first-order valence-electron chi connectivity index (χ1n) is 5.72. The summed E-state index contributed by atoms with van der Waals surface area (Å²) in [7, 11) is -3.76. The van der Waals surface area contributed by atoms with Crippen molar-refractivity contribution in [3.63, 3.8) is 0 Å². The average molecular weight is 289 g/mol. The minimum Gasteiger partial charge on any atom is -0.294 e. The van der Waals surface area contributed by atoms with Gasteiger partial charge in [-0.1, -0.05) is 12.1 Å². The van der Waals surface area contributed by atoms with Crippen molar-refractivity contribution in [3.05, 3.63) is 42.5 Å². The van der Waals surface area contributed by atoms with Crippen LogP contribution in [0.1, 0.15) is 23.2 Å². The number of carbonyl (C=O) groups excluding carboxylic acids is 1. The fourth-order valence-electron chi connectivity index (χ4n) is 1.57. The summed E-state index contributed by atoms with van der Waals surface area (Å²) >= 11 is 0. The molecule has 0 unspecified atom stereocenters. The SMILES string of the molecule is C#CCCC(=O)c1ccc(S(=O)(=O)n2cncn2)cc1. The summed E-state index contributed by atoms with van der Waals surface area (Å²) in [6.07, 6.45) is 7.93. The van der Waals surface area contributed by atoms with Crippen molar-refractivity contribution < 1.29 is 13.2 Å². The zero-order valence-electron chi connectivity index (χ0n) is 10.4. The summed E-state index contributed by atoms with van der Waals surface area (Å²) in [5, 5.41) is 3.59. The van der Waals surface area contributed by atoms with Crippen LogP contribution in [0.15, 0.2) is 41.8 Å². The molecular formula is C13H11N3O3S. The zero-order chi connectivity index (χ0) is 14.6. The van der Waals surface area contributed by atoms with Crippen LogP contribution in [-0.2, 0) is 10.0 Å². The lowest BCUT2D eigenvalue weighted by atomic mass is 10.1. The van der Waals surface area contributed by atoms with Crippen LogP contribution in [0.5, 0.6) is 0 Å². The second-order valence-corrected chi connectivity index (χ2v) is 5.72. The number of rotatable bonds is 5. The van der Waals surface area contributed by atoms with Crippen LogP contribution < -0.4 is 0 Å². The Morgan fingerprint density at radius 3 is 2.55 bits per heavy atom. The Kier molecular flexibility index (Phi) is 3.96. The van der Waals surface area contributed by atoms with Crippen LogP contribution in [0.4, 0.5) is 0 Å². The Hall–Kier alpha value is -2.46. The molecule has 1 heterocycles. The molecule has 0 aliphatic heterocycles. The van der Waals surface area contributed by atoms with Crippen molar-refractivity contribution in [2.75, 3.05) is 0 Å². The molecule has 0 saturated carbocycles. The molecule has 0 atom stereocenters. The van der Waals surface area contributed by atoms with Crippen molar-refractivity contribution in [2.45, 2.75) is 17.7 Å². The Bertz CT molecular complexity index is 741. The van der Waals surface area contributed by atoms with Crippen LogP contribution in [0, 0.1) is 12.3 Å². The molecule has 0 fully saturated rings. The van der Waals surface area contributed by atoms with E-state index in [0.717, 1.165) is 16.7 Å². The van der Waals surface area contributed by atoms with Crippen molar-refractivity contribution in [2.24, 2.45) is 0 Å². The average Bonchev–Trinajstić information content (AvgIpc) is 3.00. The predicted molar refractivity (Wildman–Crippen MR) is 71.4 cm³/mol. The van der Waals surface area contributed by atoms with Crippen molar-refractivity contribution >= 4 is 15.8 Å². The van der Waals surface area contributed by atoms with Gasteiger partial charge in [0, 0.05) is 18.4 Å². The monoisotopic (exact) mass is 289 g/mol. The first kappa shape index (κ1) is 14.0. The zero-order valence-corrected chi connectivity index (χ0v) is 11.2. The molecule has 0 amide bonds.